The molecule has 1 aliphatic heterocycles. The van der Waals surface area contributed by atoms with E-state index in [4.69, 9.17) is 4.84 Å². The van der Waals surface area contributed by atoms with E-state index in [-0.39, 0.29) is 0 Å². The lowest BCUT2D eigenvalue weighted by molar-refractivity contribution is 0.214. The first-order valence-corrected chi connectivity index (χ1v) is 4.42. The highest BCUT2D eigenvalue weighted by atomic mass is 16.8. The summed E-state index contributed by atoms with van der Waals surface area (Å²) in [5.74, 6) is 0. The van der Waals surface area contributed by atoms with Gasteiger partial charge < -0.3 is 0 Å². The first kappa shape index (κ1) is 8.75. The van der Waals surface area contributed by atoms with Crippen LogP contribution < -0.4 is 0 Å². The van der Waals surface area contributed by atoms with E-state index in [0.717, 1.165) is 6.54 Å². The van der Waals surface area contributed by atoms with Crippen molar-refractivity contribution in [3.05, 3.63) is 12.7 Å². The van der Waals surface area contributed by atoms with E-state index < -0.39 is 0 Å². The molecule has 2 nitrogen and oxygen atoms in total. The molecule has 0 N–H and O–H groups in total. The highest BCUT2D eigenvalue weighted by Crippen LogP contribution is 2.24. The summed E-state index contributed by atoms with van der Waals surface area (Å²) in [6, 6.07) is 0. The van der Waals surface area contributed by atoms with Crippen LogP contribution in [0.5, 0.6) is 0 Å². The molecule has 1 heterocycles. The zero-order valence-electron chi connectivity index (χ0n) is 7.25. The Morgan fingerprint density at radius 2 is 2.36 bits per heavy atom. The largest absolute Gasteiger partial charge is 0.275 e. The van der Waals surface area contributed by atoms with Crippen molar-refractivity contribution in [3.63, 3.8) is 0 Å². The van der Waals surface area contributed by atoms with Gasteiger partial charge >= 0.3 is 0 Å². The third kappa shape index (κ3) is 3.04. The third-order valence-corrected chi connectivity index (χ3v) is 1.90. The molecule has 0 aliphatic carbocycles. The van der Waals surface area contributed by atoms with Crippen LogP contribution in [0.15, 0.2) is 12.7 Å². The Hall–Kier alpha value is -0.340. The van der Waals surface area contributed by atoms with E-state index in [1.54, 1.807) is 0 Å². The Balaban J connectivity index is 1.91. The highest BCUT2D eigenvalue weighted by Gasteiger charge is 2.33. The zero-order chi connectivity index (χ0) is 8.10. The maximum Gasteiger partial charge on any atom is 0.155 e. The Labute approximate surface area is 68.8 Å². The van der Waals surface area contributed by atoms with Gasteiger partial charge in [-0.1, -0.05) is 25.8 Å². The van der Waals surface area contributed by atoms with Crippen LogP contribution >= 0.6 is 0 Å². The normalized spacial score (nSPS) is 28.5. The summed E-state index contributed by atoms with van der Waals surface area (Å²) in [5.41, 5.74) is 0. The van der Waals surface area contributed by atoms with Gasteiger partial charge in [-0.15, -0.1) is 6.58 Å². The fourth-order valence-electron chi connectivity index (χ4n) is 1.18. The second-order valence-electron chi connectivity index (χ2n) is 2.94. The molecule has 2 unspecified atom stereocenters. The number of unbranched alkanes of at least 4 members (excludes halogenated alkanes) is 2. The lowest BCUT2D eigenvalue weighted by Gasteiger charge is -1.93. The Kier molecular flexibility index (Phi) is 3.60. The summed E-state index contributed by atoms with van der Waals surface area (Å²) >= 11 is 0. The molecule has 1 rings (SSSR count). The van der Waals surface area contributed by atoms with Gasteiger partial charge in [0.05, 0.1) is 0 Å². The van der Waals surface area contributed by atoms with Crippen molar-refractivity contribution >= 4 is 0 Å². The fourth-order valence-corrected chi connectivity index (χ4v) is 1.18. The van der Waals surface area contributed by atoms with E-state index in [9.17, 15) is 0 Å². The van der Waals surface area contributed by atoms with Gasteiger partial charge in [-0.3, -0.25) is 4.84 Å². The van der Waals surface area contributed by atoms with Crippen molar-refractivity contribution in [2.24, 2.45) is 0 Å². The molecular weight excluding hydrogens is 138 g/mol. The predicted octanol–water partition coefficient (Wildman–Crippen LogP) is 2.33. The molecule has 0 bridgehead atoms. The molecule has 2 heteroatoms. The standard InChI is InChI=1S/C9H17NO/c1-3-5-6-7-9-10(11-9)8-4-2/h4,9H,2-3,5-8H2,1H3. The topological polar surface area (TPSA) is 15.5 Å². The van der Waals surface area contributed by atoms with Gasteiger partial charge in [0.25, 0.3) is 0 Å². The van der Waals surface area contributed by atoms with Crippen molar-refractivity contribution in [1.82, 2.24) is 5.06 Å². The van der Waals surface area contributed by atoms with Crippen molar-refractivity contribution in [2.75, 3.05) is 6.54 Å². The fraction of sp³-hybridized carbons (Fsp3) is 0.778. The molecule has 2 atom stereocenters. The summed E-state index contributed by atoms with van der Waals surface area (Å²) < 4.78 is 0. The summed E-state index contributed by atoms with van der Waals surface area (Å²) in [6.45, 7) is 6.74. The molecule has 0 amide bonds. The zero-order valence-corrected chi connectivity index (χ0v) is 7.25. The summed E-state index contributed by atoms with van der Waals surface area (Å²) in [4.78, 5) is 5.27. The van der Waals surface area contributed by atoms with Crippen molar-refractivity contribution in [3.8, 4) is 0 Å². The summed E-state index contributed by atoms with van der Waals surface area (Å²) in [6.07, 6.45) is 7.35. The average molecular weight is 155 g/mol. The van der Waals surface area contributed by atoms with Gasteiger partial charge in [0.1, 0.15) is 0 Å². The molecule has 0 aromatic heterocycles. The molecule has 0 aromatic carbocycles. The molecule has 64 valence electrons. The molecule has 0 saturated carbocycles. The number of hydrogen-bond donors (Lipinski definition) is 0. The van der Waals surface area contributed by atoms with Crippen LogP contribution in [-0.2, 0) is 4.84 Å². The van der Waals surface area contributed by atoms with Gasteiger partial charge in [0, 0.05) is 6.54 Å². The smallest absolute Gasteiger partial charge is 0.155 e. The quantitative estimate of drug-likeness (QED) is 0.332. The van der Waals surface area contributed by atoms with Crippen molar-refractivity contribution in [2.45, 2.75) is 38.8 Å². The van der Waals surface area contributed by atoms with E-state index in [1.807, 2.05) is 11.1 Å². The Bertz CT molecular complexity index is 125. The van der Waals surface area contributed by atoms with E-state index >= 15 is 0 Å². The SMILES string of the molecule is C=CCN1OC1CCCCC. The maximum absolute atomic E-state index is 5.27. The number of hydroxylamine groups is 2. The van der Waals surface area contributed by atoms with Gasteiger partial charge in [0.15, 0.2) is 6.23 Å². The highest BCUT2D eigenvalue weighted by molar-refractivity contribution is 4.76. The molecule has 11 heavy (non-hydrogen) atoms. The summed E-state index contributed by atoms with van der Waals surface area (Å²) in [5, 5.41) is 1.97. The molecule has 1 aliphatic rings. The second-order valence-corrected chi connectivity index (χ2v) is 2.94. The first-order valence-electron chi connectivity index (χ1n) is 4.42. The average Bonchev–Trinajstić information content (AvgIpc) is 2.70. The Morgan fingerprint density at radius 3 is 3.00 bits per heavy atom. The molecule has 0 spiro atoms. The van der Waals surface area contributed by atoms with Crippen LogP contribution in [0.4, 0.5) is 0 Å². The monoisotopic (exact) mass is 155 g/mol. The van der Waals surface area contributed by atoms with Crippen LogP contribution in [0.3, 0.4) is 0 Å². The van der Waals surface area contributed by atoms with Crippen LogP contribution in [0.25, 0.3) is 0 Å². The van der Waals surface area contributed by atoms with E-state index in [1.165, 1.54) is 25.7 Å². The summed E-state index contributed by atoms with van der Waals surface area (Å²) in [7, 11) is 0. The molecule has 1 fully saturated rings. The van der Waals surface area contributed by atoms with Crippen LogP contribution in [0, 0.1) is 0 Å². The third-order valence-electron chi connectivity index (χ3n) is 1.90. The number of rotatable bonds is 6. The van der Waals surface area contributed by atoms with E-state index in [0.29, 0.717) is 6.23 Å². The number of nitrogens with zero attached hydrogens (tertiary/aromatic N) is 1. The molecule has 1 saturated heterocycles. The lowest BCUT2D eigenvalue weighted by atomic mass is 10.2. The van der Waals surface area contributed by atoms with E-state index in [2.05, 4.69) is 13.5 Å². The van der Waals surface area contributed by atoms with Crippen LogP contribution in [0.1, 0.15) is 32.6 Å². The Morgan fingerprint density at radius 1 is 1.55 bits per heavy atom. The van der Waals surface area contributed by atoms with Crippen molar-refractivity contribution in [1.29, 1.82) is 0 Å². The predicted molar refractivity (Wildman–Crippen MR) is 45.9 cm³/mol. The van der Waals surface area contributed by atoms with Gasteiger partial charge in [-0.2, -0.15) is 5.06 Å². The maximum atomic E-state index is 5.27. The molecule has 0 radical (unpaired) electrons. The minimum Gasteiger partial charge on any atom is -0.275 e. The number of hydrogen-bond acceptors (Lipinski definition) is 2. The van der Waals surface area contributed by atoms with Crippen molar-refractivity contribution < 1.29 is 4.84 Å². The van der Waals surface area contributed by atoms with Gasteiger partial charge in [0.2, 0.25) is 0 Å². The van der Waals surface area contributed by atoms with Crippen LogP contribution in [-0.4, -0.2) is 17.8 Å². The van der Waals surface area contributed by atoms with Gasteiger partial charge in [-0.25, -0.2) is 0 Å². The van der Waals surface area contributed by atoms with Gasteiger partial charge in [-0.05, 0) is 12.8 Å². The minimum absolute atomic E-state index is 0.402. The minimum atomic E-state index is 0.402. The lowest BCUT2D eigenvalue weighted by Crippen LogP contribution is -2.00. The molecule has 0 aromatic rings. The van der Waals surface area contributed by atoms with Crippen LogP contribution in [0.2, 0.25) is 0 Å². The molecular formula is C9H17NO. The first-order chi connectivity index (χ1) is 5.38. The second kappa shape index (κ2) is 4.52.